The van der Waals surface area contributed by atoms with Crippen molar-refractivity contribution in [2.24, 2.45) is 0 Å². The van der Waals surface area contributed by atoms with Crippen molar-refractivity contribution in [3.8, 4) is 39.7 Å². The first-order valence-electron chi connectivity index (χ1n) is 10.9. The van der Waals surface area contributed by atoms with Crippen LogP contribution in [0.1, 0.15) is 26.7 Å². The van der Waals surface area contributed by atoms with Gasteiger partial charge in [0, 0.05) is 12.0 Å². The standard InChI is InChI=1S/C27H27N3O2/c1-3-23(17-19(2)31)32-25-12-8-7-11-24(25)27-29-18-28-26(30-27)22-15-13-21(14-16-22)20-9-5-4-6-10-20/h4-16,18-19,23,31H,3,17H2,1-2H3. The summed E-state index contributed by atoms with van der Waals surface area (Å²) in [6.45, 7) is 3.83. The molecule has 5 heteroatoms. The average Bonchev–Trinajstić information content (AvgIpc) is 2.84. The third kappa shape index (κ3) is 5.18. The molecule has 4 rings (SSSR count). The Morgan fingerprint density at radius 3 is 2.12 bits per heavy atom. The van der Waals surface area contributed by atoms with Crippen LogP contribution in [-0.4, -0.2) is 32.3 Å². The maximum absolute atomic E-state index is 9.76. The minimum absolute atomic E-state index is 0.0806. The van der Waals surface area contributed by atoms with E-state index in [2.05, 4.69) is 41.2 Å². The molecule has 0 aliphatic carbocycles. The zero-order valence-corrected chi connectivity index (χ0v) is 18.3. The summed E-state index contributed by atoms with van der Waals surface area (Å²) in [5.41, 5.74) is 4.05. The number of hydrogen-bond donors (Lipinski definition) is 1. The highest BCUT2D eigenvalue weighted by molar-refractivity contribution is 5.69. The molecule has 0 bridgehead atoms. The first-order valence-corrected chi connectivity index (χ1v) is 10.9. The Balaban J connectivity index is 1.61. The van der Waals surface area contributed by atoms with Crippen LogP contribution in [0, 0.1) is 0 Å². The Labute approximate surface area is 188 Å². The number of hydrogen-bond acceptors (Lipinski definition) is 5. The van der Waals surface area contributed by atoms with E-state index in [1.165, 1.54) is 11.9 Å². The van der Waals surface area contributed by atoms with Gasteiger partial charge in [0.15, 0.2) is 11.6 Å². The third-order valence-corrected chi connectivity index (χ3v) is 5.30. The Bertz CT molecular complexity index is 1140. The number of aliphatic hydroxyl groups is 1. The maximum Gasteiger partial charge on any atom is 0.167 e. The van der Waals surface area contributed by atoms with E-state index in [9.17, 15) is 5.11 Å². The lowest BCUT2D eigenvalue weighted by Gasteiger charge is -2.20. The SMILES string of the molecule is CCC(CC(C)O)Oc1ccccc1-c1ncnc(-c2ccc(-c3ccccc3)cc2)n1. The largest absolute Gasteiger partial charge is 0.490 e. The van der Waals surface area contributed by atoms with E-state index >= 15 is 0 Å². The van der Waals surface area contributed by atoms with E-state index in [1.54, 1.807) is 6.92 Å². The Kier molecular flexibility index (Phi) is 6.87. The molecule has 1 aromatic heterocycles. The molecule has 2 unspecified atom stereocenters. The summed E-state index contributed by atoms with van der Waals surface area (Å²) < 4.78 is 6.21. The number of aromatic nitrogens is 3. The van der Waals surface area contributed by atoms with E-state index in [0.29, 0.717) is 23.8 Å². The highest BCUT2D eigenvalue weighted by atomic mass is 16.5. The van der Waals surface area contributed by atoms with Crippen LogP contribution in [0.3, 0.4) is 0 Å². The molecule has 162 valence electrons. The van der Waals surface area contributed by atoms with Gasteiger partial charge in [0.1, 0.15) is 18.2 Å². The predicted octanol–water partition coefficient (Wildman–Crippen LogP) is 5.80. The molecule has 0 saturated heterocycles. The molecule has 32 heavy (non-hydrogen) atoms. The fraction of sp³-hybridized carbons (Fsp3) is 0.222. The average molecular weight is 426 g/mol. The molecule has 0 saturated carbocycles. The summed E-state index contributed by atoms with van der Waals surface area (Å²) in [6.07, 6.45) is 2.40. The molecular formula is C27H27N3O2. The number of aliphatic hydroxyl groups excluding tert-OH is 1. The zero-order valence-electron chi connectivity index (χ0n) is 18.3. The third-order valence-electron chi connectivity index (χ3n) is 5.30. The van der Waals surface area contributed by atoms with Gasteiger partial charge >= 0.3 is 0 Å². The normalized spacial score (nSPS) is 12.8. The second-order valence-electron chi connectivity index (χ2n) is 7.81. The Morgan fingerprint density at radius 2 is 1.41 bits per heavy atom. The van der Waals surface area contributed by atoms with Crippen LogP contribution < -0.4 is 4.74 Å². The maximum atomic E-state index is 9.76. The molecule has 4 aromatic rings. The summed E-state index contributed by atoms with van der Waals surface area (Å²) in [6, 6.07) is 26.2. The Morgan fingerprint density at radius 1 is 0.781 bits per heavy atom. The number of benzene rings is 3. The van der Waals surface area contributed by atoms with Gasteiger partial charge < -0.3 is 9.84 Å². The lowest BCUT2D eigenvalue weighted by molar-refractivity contribution is 0.104. The van der Waals surface area contributed by atoms with Crippen molar-refractivity contribution in [3.05, 3.63) is 85.2 Å². The highest BCUT2D eigenvalue weighted by Gasteiger charge is 2.16. The van der Waals surface area contributed by atoms with Gasteiger partial charge in [-0.3, -0.25) is 0 Å². The summed E-state index contributed by atoms with van der Waals surface area (Å²) in [5, 5.41) is 9.76. The van der Waals surface area contributed by atoms with Gasteiger partial charge in [-0.1, -0.05) is 73.7 Å². The summed E-state index contributed by atoms with van der Waals surface area (Å²) in [5.74, 6) is 1.88. The monoisotopic (exact) mass is 425 g/mol. The van der Waals surface area contributed by atoms with Crippen LogP contribution in [0.15, 0.2) is 85.2 Å². The smallest absolute Gasteiger partial charge is 0.167 e. The van der Waals surface area contributed by atoms with Gasteiger partial charge in [0.25, 0.3) is 0 Å². The van der Waals surface area contributed by atoms with Crippen LogP contribution in [0.2, 0.25) is 0 Å². The van der Waals surface area contributed by atoms with Gasteiger partial charge in [0.05, 0.1) is 11.7 Å². The second kappa shape index (κ2) is 10.2. The second-order valence-corrected chi connectivity index (χ2v) is 7.81. The van der Waals surface area contributed by atoms with Crippen molar-refractivity contribution in [2.45, 2.75) is 38.9 Å². The van der Waals surface area contributed by atoms with Crippen LogP contribution in [0.25, 0.3) is 33.9 Å². The van der Waals surface area contributed by atoms with Gasteiger partial charge in [-0.2, -0.15) is 0 Å². The first kappa shape index (κ1) is 21.7. The lowest BCUT2D eigenvalue weighted by Crippen LogP contribution is -2.21. The number of nitrogens with zero attached hydrogens (tertiary/aromatic N) is 3. The molecule has 5 nitrogen and oxygen atoms in total. The van der Waals surface area contributed by atoms with Crippen molar-refractivity contribution >= 4 is 0 Å². The van der Waals surface area contributed by atoms with Crippen molar-refractivity contribution in [3.63, 3.8) is 0 Å². The van der Waals surface area contributed by atoms with Crippen LogP contribution in [-0.2, 0) is 0 Å². The number of ether oxygens (including phenoxy) is 1. The molecule has 0 aliphatic heterocycles. The number of para-hydroxylation sites is 1. The quantitative estimate of drug-likeness (QED) is 0.386. The van der Waals surface area contributed by atoms with E-state index in [1.807, 2.05) is 54.6 Å². The summed E-state index contributed by atoms with van der Waals surface area (Å²) >= 11 is 0. The van der Waals surface area contributed by atoms with Crippen LogP contribution in [0.5, 0.6) is 5.75 Å². The summed E-state index contributed by atoms with van der Waals surface area (Å²) in [7, 11) is 0. The molecule has 0 radical (unpaired) electrons. The summed E-state index contributed by atoms with van der Waals surface area (Å²) in [4.78, 5) is 13.5. The van der Waals surface area contributed by atoms with Crippen LogP contribution >= 0.6 is 0 Å². The van der Waals surface area contributed by atoms with E-state index in [4.69, 9.17) is 9.72 Å². The van der Waals surface area contributed by atoms with E-state index in [0.717, 1.165) is 23.1 Å². The van der Waals surface area contributed by atoms with Crippen molar-refractivity contribution in [2.75, 3.05) is 0 Å². The molecule has 1 N–H and O–H groups in total. The highest BCUT2D eigenvalue weighted by Crippen LogP contribution is 2.30. The Hall–Kier alpha value is -3.57. The molecule has 2 atom stereocenters. The molecule has 0 spiro atoms. The van der Waals surface area contributed by atoms with E-state index < -0.39 is 6.10 Å². The lowest BCUT2D eigenvalue weighted by atomic mass is 10.0. The zero-order chi connectivity index (χ0) is 22.3. The van der Waals surface area contributed by atoms with Gasteiger partial charge in [-0.15, -0.1) is 0 Å². The minimum atomic E-state index is -0.422. The topological polar surface area (TPSA) is 68.1 Å². The minimum Gasteiger partial charge on any atom is -0.490 e. The first-order chi connectivity index (χ1) is 15.6. The fourth-order valence-electron chi connectivity index (χ4n) is 3.62. The molecule has 0 fully saturated rings. The molecule has 0 aliphatic rings. The molecule has 3 aromatic carbocycles. The van der Waals surface area contributed by atoms with Crippen molar-refractivity contribution in [1.82, 2.24) is 15.0 Å². The van der Waals surface area contributed by atoms with E-state index in [-0.39, 0.29) is 6.10 Å². The van der Waals surface area contributed by atoms with Gasteiger partial charge in [-0.05, 0) is 36.6 Å². The molecular weight excluding hydrogens is 398 g/mol. The molecule has 0 amide bonds. The van der Waals surface area contributed by atoms with Crippen molar-refractivity contribution < 1.29 is 9.84 Å². The molecule has 1 heterocycles. The number of rotatable bonds is 8. The van der Waals surface area contributed by atoms with Crippen molar-refractivity contribution in [1.29, 1.82) is 0 Å². The van der Waals surface area contributed by atoms with Gasteiger partial charge in [-0.25, -0.2) is 15.0 Å². The van der Waals surface area contributed by atoms with Gasteiger partial charge in [0.2, 0.25) is 0 Å². The predicted molar refractivity (Wildman–Crippen MR) is 127 cm³/mol. The van der Waals surface area contributed by atoms with Crippen LogP contribution in [0.4, 0.5) is 0 Å². The fourth-order valence-corrected chi connectivity index (χ4v) is 3.62.